The summed E-state index contributed by atoms with van der Waals surface area (Å²) >= 11 is 0. The third-order valence-corrected chi connectivity index (χ3v) is 1.82. The quantitative estimate of drug-likeness (QED) is 0.567. The zero-order valence-corrected chi connectivity index (χ0v) is 9.10. The lowest BCUT2D eigenvalue weighted by molar-refractivity contribution is -0.201. The summed E-state index contributed by atoms with van der Waals surface area (Å²) in [5.41, 5.74) is 0. The van der Waals surface area contributed by atoms with E-state index in [1.54, 1.807) is 0 Å². The molecular weight excluding hydrogens is 225 g/mol. The van der Waals surface area contributed by atoms with Gasteiger partial charge in [-0.3, -0.25) is 4.79 Å². The molecule has 1 unspecified atom stereocenters. The van der Waals surface area contributed by atoms with Crippen LogP contribution in [0.25, 0.3) is 0 Å². The van der Waals surface area contributed by atoms with Crippen molar-refractivity contribution in [3.63, 3.8) is 0 Å². The van der Waals surface area contributed by atoms with Gasteiger partial charge in [0.2, 0.25) is 5.91 Å². The van der Waals surface area contributed by atoms with E-state index in [1.807, 2.05) is 6.92 Å². The highest BCUT2D eigenvalue weighted by Gasteiger charge is 2.37. The summed E-state index contributed by atoms with van der Waals surface area (Å²) in [5.74, 6) is -0.212. The minimum Gasteiger partial charge on any atom is -0.382 e. The summed E-state index contributed by atoms with van der Waals surface area (Å²) in [5, 5.41) is 13.6. The van der Waals surface area contributed by atoms with Crippen molar-refractivity contribution in [3.05, 3.63) is 0 Å². The van der Waals surface area contributed by atoms with Crippen LogP contribution in [0.15, 0.2) is 0 Å². The average molecular weight is 242 g/mol. The van der Waals surface area contributed by atoms with E-state index >= 15 is 0 Å². The Balaban J connectivity index is 3.50. The van der Waals surface area contributed by atoms with Crippen molar-refractivity contribution < 1.29 is 23.1 Å². The molecule has 1 atom stereocenters. The SMILES string of the molecule is CCCNC(=O)CCNCC(O)C(F)(F)F. The highest BCUT2D eigenvalue weighted by Crippen LogP contribution is 2.18. The van der Waals surface area contributed by atoms with Crippen LogP contribution in [-0.4, -0.2) is 42.9 Å². The number of nitrogens with one attached hydrogen (secondary N) is 2. The summed E-state index contributed by atoms with van der Waals surface area (Å²) in [7, 11) is 0. The third kappa shape index (κ3) is 7.47. The topological polar surface area (TPSA) is 61.4 Å². The van der Waals surface area contributed by atoms with Gasteiger partial charge in [-0.05, 0) is 6.42 Å². The molecule has 0 aromatic carbocycles. The molecule has 0 saturated carbocycles. The summed E-state index contributed by atoms with van der Waals surface area (Å²) < 4.78 is 35.5. The molecule has 0 aliphatic rings. The van der Waals surface area contributed by atoms with Crippen molar-refractivity contribution in [2.24, 2.45) is 0 Å². The van der Waals surface area contributed by atoms with E-state index in [2.05, 4.69) is 10.6 Å². The van der Waals surface area contributed by atoms with E-state index in [0.717, 1.165) is 6.42 Å². The first kappa shape index (κ1) is 15.2. The summed E-state index contributed by atoms with van der Waals surface area (Å²) in [6.45, 7) is 1.98. The molecule has 1 amide bonds. The van der Waals surface area contributed by atoms with Crippen molar-refractivity contribution >= 4 is 5.91 Å². The maximum atomic E-state index is 11.8. The second-order valence-corrected chi connectivity index (χ2v) is 3.36. The molecule has 0 radical (unpaired) electrons. The van der Waals surface area contributed by atoms with Crippen LogP contribution in [0.2, 0.25) is 0 Å². The molecule has 16 heavy (non-hydrogen) atoms. The Morgan fingerprint density at radius 3 is 2.50 bits per heavy atom. The summed E-state index contributed by atoms with van der Waals surface area (Å²) in [6.07, 6.45) is -6.08. The van der Waals surface area contributed by atoms with Crippen LogP contribution in [0.4, 0.5) is 13.2 Å². The van der Waals surface area contributed by atoms with Crippen LogP contribution in [0.5, 0.6) is 0 Å². The second-order valence-electron chi connectivity index (χ2n) is 3.36. The monoisotopic (exact) mass is 242 g/mol. The lowest BCUT2D eigenvalue weighted by atomic mass is 10.3. The number of aliphatic hydroxyl groups is 1. The Hall–Kier alpha value is -0.820. The number of rotatable bonds is 7. The fourth-order valence-electron chi connectivity index (χ4n) is 0.909. The van der Waals surface area contributed by atoms with E-state index in [1.165, 1.54) is 0 Å². The smallest absolute Gasteiger partial charge is 0.382 e. The Morgan fingerprint density at radius 2 is 2.00 bits per heavy atom. The van der Waals surface area contributed by atoms with Gasteiger partial charge in [0.05, 0.1) is 0 Å². The van der Waals surface area contributed by atoms with E-state index in [0.29, 0.717) is 6.54 Å². The molecule has 7 heteroatoms. The normalized spacial score (nSPS) is 13.6. The van der Waals surface area contributed by atoms with E-state index in [4.69, 9.17) is 5.11 Å². The summed E-state index contributed by atoms with van der Waals surface area (Å²) in [6, 6.07) is 0. The molecule has 0 bridgehead atoms. The van der Waals surface area contributed by atoms with Crippen LogP contribution in [0, 0.1) is 0 Å². The number of halogens is 3. The number of aliphatic hydroxyl groups excluding tert-OH is 1. The predicted octanol–water partition coefficient (Wildman–Crippen LogP) is 0.416. The van der Waals surface area contributed by atoms with E-state index in [9.17, 15) is 18.0 Å². The molecular formula is C9H17F3N2O2. The second kappa shape index (κ2) is 7.45. The van der Waals surface area contributed by atoms with Gasteiger partial charge in [0.15, 0.2) is 6.10 Å². The molecule has 96 valence electrons. The molecule has 4 nitrogen and oxygen atoms in total. The number of hydrogen-bond donors (Lipinski definition) is 3. The number of alkyl halides is 3. The van der Waals surface area contributed by atoms with Gasteiger partial charge in [-0.1, -0.05) is 6.92 Å². The number of carbonyl (C=O) groups excluding carboxylic acids is 1. The third-order valence-electron chi connectivity index (χ3n) is 1.82. The van der Waals surface area contributed by atoms with E-state index in [-0.39, 0.29) is 18.9 Å². The largest absolute Gasteiger partial charge is 0.415 e. The molecule has 0 fully saturated rings. The fraction of sp³-hybridized carbons (Fsp3) is 0.889. The average Bonchev–Trinajstić information content (AvgIpc) is 2.19. The van der Waals surface area contributed by atoms with Crippen molar-refractivity contribution in [1.29, 1.82) is 0 Å². The van der Waals surface area contributed by atoms with Gasteiger partial charge in [0.25, 0.3) is 0 Å². The van der Waals surface area contributed by atoms with Gasteiger partial charge < -0.3 is 15.7 Å². The highest BCUT2D eigenvalue weighted by atomic mass is 19.4. The number of amides is 1. The molecule has 0 rings (SSSR count). The van der Waals surface area contributed by atoms with Gasteiger partial charge in [0, 0.05) is 26.1 Å². The first-order valence-electron chi connectivity index (χ1n) is 5.10. The van der Waals surface area contributed by atoms with Crippen molar-refractivity contribution in [2.45, 2.75) is 32.0 Å². The van der Waals surface area contributed by atoms with Gasteiger partial charge in [-0.25, -0.2) is 0 Å². The predicted molar refractivity (Wildman–Crippen MR) is 52.8 cm³/mol. The lowest BCUT2D eigenvalue weighted by Crippen LogP contribution is -2.39. The lowest BCUT2D eigenvalue weighted by Gasteiger charge is -2.14. The van der Waals surface area contributed by atoms with Crippen LogP contribution >= 0.6 is 0 Å². The Morgan fingerprint density at radius 1 is 1.38 bits per heavy atom. The molecule has 0 aromatic rings. The van der Waals surface area contributed by atoms with Crippen molar-refractivity contribution in [3.8, 4) is 0 Å². The zero-order chi connectivity index (χ0) is 12.6. The first-order valence-corrected chi connectivity index (χ1v) is 5.10. The van der Waals surface area contributed by atoms with Crippen molar-refractivity contribution in [2.75, 3.05) is 19.6 Å². The summed E-state index contributed by atoms with van der Waals surface area (Å²) in [4.78, 5) is 11.0. The van der Waals surface area contributed by atoms with Gasteiger partial charge in [-0.15, -0.1) is 0 Å². The van der Waals surface area contributed by atoms with Crippen LogP contribution < -0.4 is 10.6 Å². The molecule has 0 aromatic heterocycles. The van der Waals surface area contributed by atoms with Crippen molar-refractivity contribution in [1.82, 2.24) is 10.6 Å². The van der Waals surface area contributed by atoms with Gasteiger partial charge in [-0.2, -0.15) is 13.2 Å². The minimum atomic E-state index is -4.61. The molecule has 0 aliphatic heterocycles. The van der Waals surface area contributed by atoms with Crippen LogP contribution in [0.1, 0.15) is 19.8 Å². The minimum absolute atomic E-state index is 0.102. The first-order chi connectivity index (χ1) is 7.38. The van der Waals surface area contributed by atoms with E-state index < -0.39 is 18.8 Å². The maximum absolute atomic E-state index is 11.8. The Labute approximate surface area is 92.2 Å². The zero-order valence-electron chi connectivity index (χ0n) is 9.10. The van der Waals surface area contributed by atoms with Gasteiger partial charge in [0.1, 0.15) is 0 Å². The molecule has 3 N–H and O–H groups in total. The highest BCUT2D eigenvalue weighted by molar-refractivity contribution is 5.75. The Kier molecular flexibility index (Phi) is 7.07. The molecule has 0 heterocycles. The van der Waals surface area contributed by atoms with Crippen LogP contribution in [0.3, 0.4) is 0 Å². The van der Waals surface area contributed by atoms with Gasteiger partial charge >= 0.3 is 6.18 Å². The van der Waals surface area contributed by atoms with Crippen LogP contribution in [-0.2, 0) is 4.79 Å². The Bertz CT molecular complexity index is 209. The number of hydrogen-bond acceptors (Lipinski definition) is 3. The standard InChI is InChI=1S/C9H17F3N2O2/c1-2-4-14-8(16)3-5-13-6-7(15)9(10,11)12/h7,13,15H,2-6H2,1H3,(H,14,16). The molecule has 0 spiro atoms. The maximum Gasteiger partial charge on any atom is 0.415 e. The fourth-order valence-corrected chi connectivity index (χ4v) is 0.909. The number of carbonyl (C=O) groups is 1. The molecule has 0 aliphatic carbocycles. The molecule has 0 saturated heterocycles.